The van der Waals surface area contributed by atoms with E-state index in [1.54, 1.807) is 18.2 Å². The molecule has 27 heavy (non-hydrogen) atoms. The van der Waals surface area contributed by atoms with Crippen molar-refractivity contribution in [2.45, 2.75) is 4.90 Å². The fraction of sp³-hybridized carbons (Fsp3) is 0.188. The molecule has 11 heteroatoms. The number of nitrogens with zero attached hydrogens (tertiary/aromatic N) is 1. The van der Waals surface area contributed by atoms with Crippen molar-refractivity contribution in [3.63, 3.8) is 0 Å². The van der Waals surface area contributed by atoms with Crippen LogP contribution in [0.3, 0.4) is 0 Å². The SMILES string of the molecule is COc1nc(OCCF)c(F)cc1NS(=O)(=O)c1c[nH]c2cc(Cl)ccc12. The van der Waals surface area contributed by atoms with E-state index in [9.17, 15) is 17.2 Å². The number of rotatable bonds is 7. The number of benzene rings is 1. The van der Waals surface area contributed by atoms with Gasteiger partial charge in [-0.3, -0.25) is 4.72 Å². The van der Waals surface area contributed by atoms with E-state index in [0.29, 0.717) is 15.9 Å². The number of aromatic amines is 1. The van der Waals surface area contributed by atoms with Gasteiger partial charge in [0, 0.05) is 28.2 Å². The summed E-state index contributed by atoms with van der Waals surface area (Å²) in [6.45, 7) is -1.22. The largest absolute Gasteiger partial charge is 0.479 e. The minimum Gasteiger partial charge on any atom is -0.479 e. The molecule has 2 N–H and O–H groups in total. The van der Waals surface area contributed by atoms with Crippen molar-refractivity contribution in [2.75, 3.05) is 25.1 Å². The summed E-state index contributed by atoms with van der Waals surface area (Å²) in [5, 5.41) is 0.847. The Kier molecular flexibility index (Phi) is 5.38. The number of hydrogen-bond donors (Lipinski definition) is 2. The highest BCUT2D eigenvalue weighted by molar-refractivity contribution is 7.93. The lowest BCUT2D eigenvalue weighted by molar-refractivity contribution is 0.249. The molecule has 7 nitrogen and oxygen atoms in total. The van der Waals surface area contributed by atoms with E-state index in [-0.39, 0.29) is 16.5 Å². The normalized spacial score (nSPS) is 11.6. The predicted octanol–water partition coefficient (Wildman–Crippen LogP) is 3.51. The molecule has 3 aromatic rings. The Morgan fingerprint density at radius 1 is 1.30 bits per heavy atom. The van der Waals surface area contributed by atoms with Crippen molar-refractivity contribution in [2.24, 2.45) is 0 Å². The van der Waals surface area contributed by atoms with Gasteiger partial charge in [0.1, 0.15) is 23.9 Å². The van der Waals surface area contributed by atoms with E-state index in [4.69, 9.17) is 21.1 Å². The van der Waals surface area contributed by atoms with E-state index < -0.39 is 35.0 Å². The maximum Gasteiger partial charge on any atom is 0.264 e. The molecular weight excluding hydrogens is 404 g/mol. The highest BCUT2D eigenvalue weighted by atomic mass is 35.5. The summed E-state index contributed by atoms with van der Waals surface area (Å²) in [5.74, 6) is -1.68. The summed E-state index contributed by atoms with van der Waals surface area (Å²) < 4.78 is 63.8. The van der Waals surface area contributed by atoms with Crippen molar-refractivity contribution in [3.8, 4) is 11.8 Å². The maximum absolute atomic E-state index is 14.1. The lowest BCUT2D eigenvalue weighted by Gasteiger charge is -2.13. The first-order chi connectivity index (χ1) is 12.9. The van der Waals surface area contributed by atoms with Gasteiger partial charge in [0.2, 0.25) is 5.88 Å². The first-order valence-electron chi connectivity index (χ1n) is 7.58. The minimum atomic E-state index is -4.10. The van der Waals surface area contributed by atoms with Crippen molar-refractivity contribution in [1.82, 2.24) is 9.97 Å². The molecule has 2 aromatic heterocycles. The summed E-state index contributed by atoms with van der Waals surface area (Å²) in [5.41, 5.74) is 0.292. The fourth-order valence-electron chi connectivity index (χ4n) is 2.42. The minimum absolute atomic E-state index is 0.0608. The van der Waals surface area contributed by atoms with Crippen LogP contribution in [0.1, 0.15) is 0 Å². The number of ether oxygens (including phenoxy) is 2. The van der Waals surface area contributed by atoms with Crippen LogP contribution >= 0.6 is 11.6 Å². The number of aromatic nitrogens is 2. The van der Waals surface area contributed by atoms with Gasteiger partial charge in [-0.25, -0.2) is 17.2 Å². The number of methoxy groups -OCH3 is 1. The molecule has 1 aromatic carbocycles. The average molecular weight is 418 g/mol. The van der Waals surface area contributed by atoms with Gasteiger partial charge in [0.05, 0.1) is 7.11 Å². The highest BCUT2D eigenvalue weighted by Crippen LogP contribution is 2.32. The Morgan fingerprint density at radius 3 is 2.78 bits per heavy atom. The van der Waals surface area contributed by atoms with E-state index in [1.165, 1.54) is 13.3 Å². The molecule has 2 heterocycles. The fourth-order valence-corrected chi connectivity index (χ4v) is 3.81. The quantitative estimate of drug-likeness (QED) is 0.613. The summed E-state index contributed by atoms with van der Waals surface area (Å²) in [7, 11) is -2.87. The van der Waals surface area contributed by atoms with E-state index in [2.05, 4.69) is 14.7 Å². The Labute approximate surface area is 158 Å². The zero-order chi connectivity index (χ0) is 19.6. The lowest BCUT2D eigenvalue weighted by atomic mass is 10.2. The third-order valence-electron chi connectivity index (χ3n) is 3.56. The first kappa shape index (κ1) is 19.2. The van der Waals surface area contributed by atoms with Crippen LogP contribution < -0.4 is 14.2 Å². The Bertz CT molecular complexity index is 1090. The molecule has 0 radical (unpaired) electrons. The Balaban J connectivity index is 1.98. The topological polar surface area (TPSA) is 93.3 Å². The third kappa shape index (κ3) is 3.91. The van der Waals surface area contributed by atoms with Gasteiger partial charge < -0.3 is 14.5 Å². The molecule has 0 saturated heterocycles. The second-order valence-corrected chi connectivity index (χ2v) is 7.41. The summed E-state index contributed by atoms with van der Waals surface area (Å²) in [4.78, 5) is 6.48. The van der Waals surface area contributed by atoms with E-state index >= 15 is 0 Å². The smallest absolute Gasteiger partial charge is 0.264 e. The summed E-state index contributed by atoms with van der Waals surface area (Å²) in [6, 6.07) is 5.53. The molecule has 0 atom stereocenters. The molecule has 0 aliphatic heterocycles. The molecule has 3 rings (SSSR count). The van der Waals surface area contributed by atoms with Crippen molar-refractivity contribution < 1.29 is 26.7 Å². The Hall–Kier alpha value is -2.59. The molecule has 0 fully saturated rings. The van der Waals surface area contributed by atoms with Gasteiger partial charge in [-0.05, 0) is 18.2 Å². The molecule has 0 amide bonds. The van der Waals surface area contributed by atoms with E-state index in [0.717, 1.165) is 6.07 Å². The molecule has 0 aliphatic rings. The van der Waals surface area contributed by atoms with Crippen molar-refractivity contribution in [3.05, 3.63) is 41.3 Å². The van der Waals surface area contributed by atoms with Crippen molar-refractivity contribution in [1.29, 1.82) is 0 Å². The lowest BCUT2D eigenvalue weighted by Crippen LogP contribution is -2.14. The van der Waals surface area contributed by atoms with Gasteiger partial charge in [0.15, 0.2) is 5.82 Å². The number of hydrogen-bond acceptors (Lipinski definition) is 5. The van der Waals surface area contributed by atoms with Crippen LogP contribution in [0.5, 0.6) is 11.8 Å². The predicted molar refractivity (Wildman–Crippen MR) is 96.3 cm³/mol. The molecule has 144 valence electrons. The van der Waals surface area contributed by atoms with Gasteiger partial charge in [-0.1, -0.05) is 11.6 Å². The first-order valence-corrected chi connectivity index (χ1v) is 9.44. The number of fused-ring (bicyclic) bond motifs is 1. The van der Waals surface area contributed by atoms with Crippen LogP contribution in [0.4, 0.5) is 14.5 Å². The monoisotopic (exact) mass is 417 g/mol. The number of nitrogens with one attached hydrogen (secondary N) is 2. The number of halogens is 3. The van der Waals surface area contributed by atoms with Crippen LogP contribution in [0.25, 0.3) is 10.9 Å². The van der Waals surface area contributed by atoms with Gasteiger partial charge in [-0.2, -0.15) is 4.98 Å². The van der Waals surface area contributed by atoms with E-state index in [1.807, 2.05) is 0 Å². The standard InChI is InChI=1S/C16H14ClF2N3O4S/c1-25-16-13(7-11(19)15(21-16)26-5-4-18)22-27(23,24)14-8-20-12-6-9(17)2-3-10(12)14/h2-3,6-8,20,22H,4-5H2,1H3. The van der Waals surface area contributed by atoms with Crippen LogP contribution in [0, 0.1) is 5.82 Å². The van der Waals surface area contributed by atoms with Crippen LogP contribution in [0.2, 0.25) is 5.02 Å². The second kappa shape index (κ2) is 7.57. The van der Waals surface area contributed by atoms with Gasteiger partial charge >= 0.3 is 0 Å². The second-order valence-electron chi connectivity index (χ2n) is 5.32. The van der Waals surface area contributed by atoms with Crippen LogP contribution in [0.15, 0.2) is 35.4 Å². The number of H-pyrrole nitrogens is 1. The molecule has 0 aliphatic carbocycles. The summed E-state index contributed by atoms with van der Waals surface area (Å²) in [6.07, 6.45) is 1.29. The zero-order valence-corrected chi connectivity index (χ0v) is 15.5. The third-order valence-corrected chi connectivity index (χ3v) is 5.20. The number of sulfonamides is 1. The molecule has 0 spiro atoms. The van der Waals surface area contributed by atoms with Crippen LogP contribution in [-0.2, 0) is 10.0 Å². The number of pyridine rings is 1. The van der Waals surface area contributed by atoms with Crippen molar-refractivity contribution >= 4 is 38.2 Å². The average Bonchev–Trinajstić information content (AvgIpc) is 3.04. The molecule has 0 bridgehead atoms. The van der Waals surface area contributed by atoms with Crippen LogP contribution in [-0.4, -0.2) is 38.8 Å². The zero-order valence-electron chi connectivity index (χ0n) is 13.9. The number of anilines is 1. The molecule has 0 unspecified atom stereocenters. The number of alkyl halides is 1. The maximum atomic E-state index is 14.1. The van der Waals surface area contributed by atoms with Gasteiger partial charge in [0.25, 0.3) is 15.9 Å². The highest BCUT2D eigenvalue weighted by Gasteiger charge is 2.23. The summed E-state index contributed by atoms with van der Waals surface area (Å²) >= 11 is 5.89. The molecular formula is C16H14ClF2N3O4S. The Morgan fingerprint density at radius 2 is 2.07 bits per heavy atom. The van der Waals surface area contributed by atoms with Gasteiger partial charge in [-0.15, -0.1) is 0 Å². The molecule has 0 saturated carbocycles.